The van der Waals surface area contributed by atoms with Gasteiger partial charge in [-0.25, -0.2) is 0 Å². The van der Waals surface area contributed by atoms with Crippen molar-refractivity contribution < 1.29 is 4.79 Å². The molecule has 7 heteroatoms. The van der Waals surface area contributed by atoms with Crippen molar-refractivity contribution in [2.75, 3.05) is 7.05 Å². The largest absolute Gasteiger partial charge is 0.370 e. The monoisotopic (exact) mass is 416 g/mol. The number of nitrogens with one attached hydrogen (secondary N) is 2. The number of aliphatic imine (C=N–C) groups is 1. The predicted octanol–water partition coefficient (Wildman–Crippen LogP) is 4.00. The summed E-state index contributed by atoms with van der Waals surface area (Å²) in [6, 6.07) is 10.7. The lowest BCUT2D eigenvalue weighted by atomic mass is 10.1. The van der Waals surface area contributed by atoms with E-state index in [4.69, 9.17) is 4.98 Å². The number of carbonyl (C=O) groups is 1. The Bertz CT molecular complexity index is 1100. The third kappa shape index (κ3) is 4.35. The van der Waals surface area contributed by atoms with E-state index in [9.17, 15) is 4.79 Å². The molecule has 1 unspecified atom stereocenters. The lowest BCUT2D eigenvalue weighted by Crippen LogP contribution is -2.35. The molecule has 1 aromatic carbocycles. The molecule has 1 fully saturated rings. The first kappa shape index (κ1) is 20.8. The fourth-order valence-corrected chi connectivity index (χ4v) is 4.32. The van der Waals surface area contributed by atoms with Gasteiger partial charge in [-0.05, 0) is 44.2 Å². The van der Waals surface area contributed by atoms with E-state index in [0.29, 0.717) is 12.5 Å². The number of hydrogen-bond acceptors (Lipinski definition) is 5. The first-order valence-corrected chi connectivity index (χ1v) is 10.7. The summed E-state index contributed by atoms with van der Waals surface area (Å²) in [5.41, 5.74) is 4.89. The summed E-state index contributed by atoms with van der Waals surface area (Å²) in [7, 11) is 2.08. The Balaban J connectivity index is 1.54. The number of benzene rings is 1. The zero-order chi connectivity index (χ0) is 21.8. The highest BCUT2D eigenvalue weighted by molar-refractivity contribution is 5.93. The van der Waals surface area contributed by atoms with E-state index in [-0.39, 0.29) is 11.9 Å². The molecule has 2 heterocycles. The lowest BCUT2D eigenvalue weighted by Gasteiger charge is -2.29. The van der Waals surface area contributed by atoms with E-state index in [1.54, 1.807) is 6.20 Å². The zero-order valence-corrected chi connectivity index (χ0v) is 18.0. The Hall–Kier alpha value is -3.48. The molecule has 0 bridgehead atoms. The minimum absolute atomic E-state index is 0.115. The van der Waals surface area contributed by atoms with Crippen molar-refractivity contribution >= 4 is 29.2 Å². The highest BCUT2D eigenvalue weighted by Crippen LogP contribution is 2.31. The molecule has 1 saturated carbocycles. The van der Waals surface area contributed by atoms with E-state index in [2.05, 4.69) is 51.3 Å². The first-order valence-electron chi connectivity index (χ1n) is 10.7. The van der Waals surface area contributed by atoms with Crippen LogP contribution >= 0.6 is 0 Å². The van der Waals surface area contributed by atoms with E-state index in [1.807, 2.05) is 37.5 Å². The Morgan fingerprint density at radius 3 is 2.94 bits per heavy atom. The number of amides is 1. The first-order chi connectivity index (χ1) is 15.1. The molecule has 1 aliphatic carbocycles. The number of H-pyrrole nitrogens is 1. The molecule has 3 aromatic rings. The SMILES string of the molecule is C=N/C=C(/c1ccc(-c2cccc3[nH]ncc23)nc1)N(C)[C@@H]1CCC(NC(=O)CC)C1. The second-order valence-electron chi connectivity index (χ2n) is 7.96. The van der Waals surface area contributed by atoms with Gasteiger partial charge in [0.15, 0.2) is 0 Å². The number of rotatable bonds is 7. The number of aromatic amines is 1. The van der Waals surface area contributed by atoms with Crippen LogP contribution in [0.1, 0.15) is 38.2 Å². The molecule has 160 valence electrons. The topological polar surface area (TPSA) is 86.3 Å². The van der Waals surface area contributed by atoms with Crippen LogP contribution in [0, 0.1) is 0 Å². The standard InChI is InChI=1S/C24H28N6O/c1-4-24(31)28-17-9-10-18(12-17)30(3)23(15-25-2)16-8-11-21(26-13-16)19-6-5-7-22-20(19)14-27-29-22/h5-8,11,13-15,17-18H,2,4,9-10,12H2,1,3H3,(H,27,29)(H,28,31)/b23-15-/t17?,18-/m1/s1. The lowest BCUT2D eigenvalue weighted by molar-refractivity contribution is -0.121. The van der Waals surface area contributed by atoms with Crippen molar-refractivity contribution in [1.29, 1.82) is 0 Å². The van der Waals surface area contributed by atoms with Gasteiger partial charge in [0.05, 0.1) is 29.3 Å². The third-order valence-corrected chi connectivity index (χ3v) is 6.05. The number of fused-ring (bicyclic) bond motifs is 1. The van der Waals surface area contributed by atoms with Gasteiger partial charge in [-0.15, -0.1) is 0 Å². The molecular formula is C24H28N6O. The summed E-state index contributed by atoms with van der Waals surface area (Å²) in [5.74, 6) is 0.115. The molecule has 7 nitrogen and oxygen atoms in total. The molecule has 31 heavy (non-hydrogen) atoms. The molecule has 0 radical (unpaired) electrons. The molecule has 2 atom stereocenters. The number of nitrogens with zero attached hydrogens (tertiary/aromatic N) is 4. The summed E-state index contributed by atoms with van der Waals surface area (Å²) >= 11 is 0. The van der Waals surface area contributed by atoms with Crippen LogP contribution in [0.4, 0.5) is 0 Å². The molecule has 1 amide bonds. The van der Waals surface area contributed by atoms with Crippen LogP contribution in [0.15, 0.2) is 53.9 Å². The van der Waals surface area contributed by atoms with Gasteiger partial charge in [0.2, 0.25) is 5.91 Å². The molecule has 0 saturated heterocycles. The molecule has 1 aliphatic rings. The van der Waals surface area contributed by atoms with E-state index < -0.39 is 0 Å². The van der Waals surface area contributed by atoms with Crippen LogP contribution in [0.3, 0.4) is 0 Å². The molecule has 0 spiro atoms. The fraction of sp³-hybridized carbons (Fsp3) is 0.333. The minimum Gasteiger partial charge on any atom is -0.370 e. The average molecular weight is 417 g/mol. The highest BCUT2D eigenvalue weighted by Gasteiger charge is 2.29. The Labute approximate surface area is 182 Å². The second-order valence-corrected chi connectivity index (χ2v) is 7.96. The second kappa shape index (κ2) is 9.12. The Kier molecular flexibility index (Phi) is 6.11. The van der Waals surface area contributed by atoms with Gasteiger partial charge >= 0.3 is 0 Å². The van der Waals surface area contributed by atoms with Crippen LogP contribution in [0.25, 0.3) is 27.9 Å². The summed E-state index contributed by atoms with van der Waals surface area (Å²) in [6.45, 7) is 5.54. The van der Waals surface area contributed by atoms with Gasteiger partial charge in [-0.2, -0.15) is 5.10 Å². The van der Waals surface area contributed by atoms with Crippen molar-refractivity contribution in [1.82, 2.24) is 25.4 Å². The summed E-state index contributed by atoms with van der Waals surface area (Å²) in [6.07, 6.45) is 8.94. The maximum atomic E-state index is 11.7. The van der Waals surface area contributed by atoms with E-state index in [1.165, 1.54) is 0 Å². The Morgan fingerprint density at radius 2 is 2.19 bits per heavy atom. The number of hydrogen-bond donors (Lipinski definition) is 2. The van der Waals surface area contributed by atoms with Crippen molar-refractivity contribution in [2.45, 2.75) is 44.7 Å². The summed E-state index contributed by atoms with van der Waals surface area (Å²) in [5, 5.41) is 11.3. The van der Waals surface area contributed by atoms with Crippen molar-refractivity contribution in [3.63, 3.8) is 0 Å². The number of aromatic nitrogens is 3. The number of carbonyl (C=O) groups excluding carboxylic acids is 1. The van der Waals surface area contributed by atoms with Crippen LogP contribution < -0.4 is 5.32 Å². The van der Waals surface area contributed by atoms with Gasteiger partial charge in [-0.3, -0.25) is 19.9 Å². The molecule has 0 aliphatic heterocycles. The average Bonchev–Trinajstić information content (AvgIpc) is 3.46. The molecule has 4 rings (SSSR count). The number of pyridine rings is 1. The fourth-order valence-electron chi connectivity index (χ4n) is 4.32. The van der Waals surface area contributed by atoms with Gasteiger partial charge in [0.1, 0.15) is 0 Å². The summed E-state index contributed by atoms with van der Waals surface area (Å²) < 4.78 is 0. The van der Waals surface area contributed by atoms with E-state index in [0.717, 1.165) is 52.7 Å². The third-order valence-electron chi connectivity index (χ3n) is 6.05. The van der Waals surface area contributed by atoms with Crippen LogP contribution in [-0.4, -0.2) is 51.8 Å². The van der Waals surface area contributed by atoms with Crippen molar-refractivity contribution in [3.05, 3.63) is 54.5 Å². The molecule has 2 N–H and O–H groups in total. The van der Waals surface area contributed by atoms with Crippen LogP contribution in [0.5, 0.6) is 0 Å². The van der Waals surface area contributed by atoms with Crippen LogP contribution in [-0.2, 0) is 4.79 Å². The van der Waals surface area contributed by atoms with Gasteiger partial charge in [-0.1, -0.05) is 19.1 Å². The zero-order valence-electron chi connectivity index (χ0n) is 18.0. The maximum Gasteiger partial charge on any atom is 0.219 e. The molecule has 2 aromatic heterocycles. The Morgan fingerprint density at radius 1 is 1.32 bits per heavy atom. The van der Waals surface area contributed by atoms with Crippen molar-refractivity contribution in [2.24, 2.45) is 4.99 Å². The van der Waals surface area contributed by atoms with Gasteiger partial charge < -0.3 is 10.2 Å². The van der Waals surface area contributed by atoms with Gasteiger partial charge in [0, 0.05) is 48.3 Å². The van der Waals surface area contributed by atoms with Crippen LogP contribution in [0.2, 0.25) is 0 Å². The molecular weight excluding hydrogens is 388 g/mol. The summed E-state index contributed by atoms with van der Waals surface area (Å²) in [4.78, 5) is 22.7. The van der Waals surface area contributed by atoms with Gasteiger partial charge in [0.25, 0.3) is 0 Å². The predicted molar refractivity (Wildman–Crippen MR) is 124 cm³/mol. The highest BCUT2D eigenvalue weighted by atomic mass is 16.1. The normalized spacial score (nSPS) is 18.8. The maximum absolute atomic E-state index is 11.7. The van der Waals surface area contributed by atoms with Crippen molar-refractivity contribution in [3.8, 4) is 11.3 Å². The van der Waals surface area contributed by atoms with E-state index >= 15 is 0 Å². The minimum atomic E-state index is 0.115. The smallest absolute Gasteiger partial charge is 0.219 e. The quantitative estimate of drug-likeness (QED) is 0.570.